The van der Waals surface area contributed by atoms with Crippen molar-refractivity contribution in [2.24, 2.45) is 45.7 Å². The van der Waals surface area contributed by atoms with Crippen LogP contribution in [0.25, 0.3) is 10.9 Å². The van der Waals surface area contributed by atoms with E-state index in [0.29, 0.717) is 22.9 Å². The summed E-state index contributed by atoms with van der Waals surface area (Å²) in [6.07, 6.45) is -1.99. The van der Waals surface area contributed by atoms with Gasteiger partial charge in [-0.3, -0.25) is 57.7 Å². The molecule has 0 aliphatic heterocycles. The molecule has 1 aromatic carbocycles. The van der Waals surface area contributed by atoms with Crippen molar-refractivity contribution in [3.8, 4) is 0 Å². The van der Waals surface area contributed by atoms with E-state index in [-0.39, 0.29) is 49.9 Å². The van der Waals surface area contributed by atoms with Crippen LogP contribution in [0, 0.1) is 17.8 Å². The largest absolute Gasteiger partial charge is 0.481 e. The second-order valence-electron chi connectivity index (χ2n) is 19.9. The molecule has 0 bridgehead atoms. The van der Waals surface area contributed by atoms with E-state index in [1.165, 1.54) is 6.20 Å². The van der Waals surface area contributed by atoms with E-state index >= 15 is 0 Å². The lowest BCUT2D eigenvalue weighted by molar-refractivity contribution is -0.143. The average molecular weight is 1150 g/mol. The fraction of sp³-hybridized carbons (Fsp3) is 0.580. The van der Waals surface area contributed by atoms with Gasteiger partial charge in [0.1, 0.15) is 48.3 Å². The number of carboxylic acid groups (broad SMARTS) is 3. The average Bonchev–Trinajstić information content (AvgIpc) is 3.79. The van der Waals surface area contributed by atoms with Crippen LogP contribution in [0.15, 0.2) is 35.5 Å². The molecule has 10 atom stereocenters. The molecule has 0 spiro atoms. The highest BCUT2D eigenvalue weighted by Crippen LogP contribution is 2.20. The maximum Gasteiger partial charge on any atom is 0.326 e. The van der Waals surface area contributed by atoms with Gasteiger partial charge in [-0.05, 0) is 55.1 Å². The highest BCUT2D eigenvalue weighted by Gasteiger charge is 2.37. The van der Waals surface area contributed by atoms with Gasteiger partial charge in [0.25, 0.3) is 0 Å². The zero-order valence-electron chi connectivity index (χ0n) is 45.5. The molecular formula is C50H78N14O15S. The first-order valence-corrected chi connectivity index (χ1v) is 26.5. The fourth-order valence-electron chi connectivity index (χ4n) is 7.97. The summed E-state index contributed by atoms with van der Waals surface area (Å²) in [4.78, 5) is 166. The van der Waals surface area contributed by atoms with Crippen LogP contribution in [0.4, 0.5) is 0 Å². The van der Waals surface area contributed by atoms with Crippen LogP contribution in [-0.2, 0) is 64.0 Å². The number of H-pyrrole nitrogens is 1. The van der Waals surface area contributed by atoms with Crippen LogP contribution >= 0.6 is 12.6 Å². The second kappa shape index (κ2) is 33.4. The summed E-state index contributed by atoms with van der Waals surface area (Å²) in [5.74, 6) is -15.5. The molecule has 9 amide bonds. The van der Waals surface area contributed by atoms with Gasteiger partial charge in [-0.2, -0.15) is 12.6 Å². The van der Waals surface area contributed by atoms with E-state index in [9.17, 15) is 72.9 Å². The molecule has 29 nitrogen and oxygen atoms in total. The van der Waals surface area contributed by atoms with Gasteiger partial charge in [-0.15, -0.1) is 0 Å². The number of carbonyl (C=O) groups excluding carboxylic acids is 9. The monoisotopic (exact) mass is 1150 g/mol. The molecule has 1 aromatic heterocycles. The third kappa shape index (κ3) is 23.1. The highest BCUT2D eigenvalue weighted by molar-refractivity contribution is 7.80. The van der Waals surface area contributed by atoms with Crippen molar-refractivity contribution in [3.05, 3.63) is 36.0 Å². The maximum absolute atomic E-state index is 14.5. The number of carboxylic acids is 3. The van der Waals surface area contributed by atoms with Gasteiger partial charge >= 0.3 is 17.9 Å². The van der Waals surface area contributed by atoms with Gasteiger partial charge in [0.15, 0.2) is 5.96 Å². The minimum Gasteiger partial charge on any atom is -0.481 e. The number of nitrogens with one attached hydrogen (secondary N) is 9. The number of aromatic amines is 1. The summed E-state index contributed by atoms with van der Waals surface area (Å²) >= 11 is 4.02. The van der Waals surface area contributed by atoms with Crippen molar-refractivity contribution in [1.29, 1.82) is 0 Å². The SMILES string of the molecule is CC[C@H](C)[C@H](NC(=O)[C@@H](N)CS)C(=O)N[C@@H](CC(=O)O)C(=O)N[C@@H](Cc1c[nH]c2ccccc12)C(=O)N[C@@H](CC(N)=O)C(=O)N[C@@H](CCCN=C(N)N)C(=O)N[C@@H](CCC(=O)O)C(=O)N[C@H](C(=O)N[C@@H](CC(C)C)C(=O)O)C(C)C. The summed E-state index contributed by atoms with van der Waals surface area (Å²) in [5, 5.41) is 49.1. The van der Waals surface area contributed by atoms with Crippen LogP contribution in [-0.4, -0.2) is 164 Å². The number of nitrogens with zero attached hydrogens (tertiary/aromatic N) is 1. The number of hydrogen-bond donors (Lipinski definition) is 17. The number of thiol groups is 1. The first-order valence-electron chi connectivity index (χ1n) is 25.8. The summed E-state index contributed by atoms with van der Waals surface area (Å²) in [6, 6.07) is -7.20. The number of carbonyl (C=O) groups is 12. The quantitative estimate of drug-likeness (QED) is 0.0139. The van der Waals surface area contributed by atoms with E-state index in [2.05, 4.69) is 65.1 Å². The number of aromatic nitrogens is 1. The van der Waals surface area contributed by atoms with Gasteiger partial charge in [0.2, 0.25) is 53.2 Å². The lowest BCUT2D eigenvalue weighted by Crippen LogP contribution is -2.61. The Balaban J connectivity index is 2.61. The van der Waals surface area contributed by atoms with Gasteiger partial charge in [0.05, 0.1) is 18.9 Å². The number of aliphatic carboxylic acids is 3. The molecule has 0 saturated carbocycles. The van der Waals surface area contributed by atoms with Crippen LogP contribution in [0.3, 0.4) is 0 Å². The zero-order valence-corrected chi connectivity index (χ0v) is 46.4. The number of primary amides is 1. The fourth-order valence-corrected chi connectivity index (χ4v) is 8.14. The first-order chi connectivity index (χ1) is 37.5. The molecule has 444 valence electrons. The van der Waals surface area contributed by atoms with E-state index < -0.39 is 163 Å². The Hall–Kier alpha value is -8.02. The molecule has 2 rings (SSSR count). The van der Waals surface area contributed by atoms with Gasteiger partial charge < -0.3 is 85.8 Å². The predicted molar refractivity (Wildman–Crippen MR) is 294 cm³/mol. The Labute approximate surface area is 467 Å². The maximum atomic E-state index is 14.5. The van der Waals surface area contributed by atoms with E-state index in [1.807, 2.05) is 0 Å². The van der Waals surface area contributed by atoms with Crippen molar-refractivity contribution in [2.75, 3.05) is 12.3 Å². The molecule has 30 heteroatoms. The molecular weight excluding hydrogens is 1070 g/mol. The van der Waals surface area contributed by atoms with Crippen LogP contribution < -0.4 is 65.5 Å². The van der Waals surface area contributed by atoms with Gasteiger partial charge in [-0.25, -0.2) is 4.79 Å². The van der Waals surface area contributed by atoms with Crippen molar-refractivity contribution in [3.63, 3.8) is 0 Å². The Bertz CT molecular complexity index is 2560. The third-order valence-electron chi connectivity index (χ3n) is 12.5. The Kier molecular flexibility index (Phi) is 28.4. The van der Waals surface area contributed by atoms with Crippen molar-refractivity contribution >= 4 is 101 Å². The number of para-hydroxylation sites is 1. The minimum atomic E-state index is -1.92. The summed E-state index contributed by atoms with van der Waals surface area (Å²) in [5.41, 5.74) is 23.3. The van der Waals surface area contributed by atoms with Crippen LogP contribution in [0.1, 0.15) is 98.5 Å². The smallest absolute Gasteiger partial charge is 0.326 e. The second-order valence-corrected chi connectivity index (χ2v) is 20.3. The number of benzene rings is 1. The molecule has 20 N–H and O–H groups in total. The molecule has 1 heterocycles. The van der Waals surface area contributed by atoms with Crippen molar-refractivity contribution in [2.45, 2.75) is 154 Å². The minimum absolute atomic E-state index is 0.0355. The Morgan fingerprint density at radius 3 is 1.65 bits per heavy atom. The van der Waals surface area contributed by atoms with Gasteiger partial charge in [-0.1, -0.05) is 66.2 Å². The molecule has 0 aliphatic rings. The van der Waals surface area contributed by atoms with Crippen molar-refractivity contribution < 1.29 is 72.9 Å². The lowest BCUT2D eigenvalue weighted by atomic mass is 9.97. The number of aliphatic imine (C=N–C) groups is 1. The topological polar surface area (TPSA) is 494 Å². The first kappa shape index (κ1) is 68.1. The number of amides is 9. The Morgan fingerprint density at radius 1 is 0.613 bits per heavy atom. The number of fused-ring (bicyclic) bond motifs is 1. The third-order valence-corrected chi connectivity index (χ3v) is 12.9. The zero-order chi connectivity index (χ0) is 60.6. The molecule has 2 aromatic rings. The number of hydrogen-bond acceptors (Lipinski definition) is 15. The summed E-state index contributed by atoms with van der Waals surface area (Å²) < 4.78 is 0. The number of nitrogens with two attached hydrogens (primary N) is 4. The standard InChI is InChI=1S/C50H78N14O15S/c1-7-25(6)40(64-41(70)28(51)22-80)48(77)61-34(20-38(68)69)46(75)59-32(18-26-21-56-29-12-9-8-11-27(26)29)44(73)60-33(19-36(52)65)45(74)57-30(13-10-16-55-50(53)54)42(71)58-31(14-15-37(66)67)43(72)63-39(24(4)5)47(76)62-35(49(78)79)17-23(2)3/h8-9,11-12,21,23-25,28,30-35,39-40,56,80H,7,10,13-20,22,51H2,1-6H3,(H2,52,65)(H,57,74)(H,58,71)(H,59,75)(H,60,73)(H,61,77)(H,62,76)(H,63,72)(H,64,70)(H,66,67)(H,68,69)(H,78,79)(H4,53,54,55)/t25-,28-,30-,31-,32-,33-,34-,35-,39-,40-/m0/s1. The summed E-state index contributed by atoms with van der Waals surface area (Å²) in [6.45, 7) is 9.79. The van der Waals surface area contributed by atoms with Gasteiger partial charge in [0, 0.05) is 42.2 Å². The molecule has 0 saturated heterocycles. The molecule has 0 radical (unpaired) electrons. The highest BCUT2D eigenvalue weighted by atomic mass is 32.1. The van der Waals surface area contributed by atoms with Crippen LogP contribution in [0.5, 0.6) is 0 Å². The van der Waals surface area contributed by atoms with Crippen molar-refractivity contribution in [1.82, 2.24) is 47.5 Å². The molecule has 0 aliphatic carbocycles. The van der Waals surface area contributed by atoms with Crippen LogP contribution in [0.2, 0.25) is 0 Å². The Morgan fingerprint density at radius 2 is 1.11 bits per heavy atom. The molecule has 80 heavy (non-hydrogen) atoms. The van der Waals surface area contributed by atoms with E-state index in [0.717, 1.165) is 0 Å². The summed E-state index contributed by atoms with van der Waals surface area (Å²) in [7, 11) is 0. The van der Waals surface area contributed by atoms with E-state index in [1.54, 1.807) is 65.8 Å². The number of guanidine groups is 1. The predicted octanol–water partition coefficient (Wildman–Crippen LogP) is -3.05. The number of rotatable bonds is 36. The van der Waals surface area contributed by atoms with E-state index in [4.69, 9.17) is 22.9 Å². The lowest BCUT2D eigenvalue weighted by Gasteiger charge is -2.29. The molecule has 0 fully saturated rings. The normalized spacial score (nSPS) is 14.9. The molecule has 0 unspecified atom stereocenters.